The number of ketones is 2. The molecule has 26 heavy (non-hydrogen) atoms. The monoisotopic (exact) mass is 362 g/mol. The van der Waals surface area contributed by atoms with Gasteiger partial charge in [-0.3, -0.25) is 19.2 Å². The maximum absolute atomic E-state index is 13.2. The van der Waals surface area contributed by atoms with Crippen molar-refractivity contribution in [3.05, 3.63) is 11.1 Å². The third-order valence-corrected chi connectivity index (χ3v) is 6.41. The minimum absolute atomic E-state index is 0.00359. The van der Waals surface area contributed by atoms with E-state index in [1.54, 1.807) is 0 Å². The average Bonchev–Trinajstić information content (AvgIpc) is 3.01. The lowest BCUT2D eigenvalue weighted by atomic mass is 9.63. The summed E-state index contributed by atoms with van der Waals surface area (Å²) < 4.78 is 9.91. The molecule has 0 aromatic heterocycles. The first-order valence-electron chi connectivity index (χ1n) is 9.00. The molecule has 0 saturated heterocycles. The Hall–Kier alpha value is -1.98. The van der Waals surface area contributed by atoms with Gasteiger partial charge in [0, 0.05) is 29.7 Å². The van der Waals surface area contributed by atoms with Crippen LogP contribution in [0.4, 0.5) is 0 Å². The lowest BCUT2D eigenvalue weighted by Gasteiger charge is -2.38. The van der Waals surface area contributed by atoms with Crippen molar-refractivity contribution in [2.75, 3.05) is 14.2 Å². The average molecular weight is 362 g/mol. The van der Waals surface area contributed by atoms with Crippen LogP contribution >= 0.6 is 0 Å². The summed E-state index contributed by atoms with van der Waals surface area (Å²) in [6.07, 6.45) is 1.35. The molecule has 2 atom stereocenters. The van der Waals surface area contributed by atoms with Crippen molar-refractivity contribution in [2.45, 2.75) is 52.9 Å². The molecule has 6 nitrogen and oxygen atoms in total. The molecule has 0 aliphatic heterocycles. The fourth-order valence-corrected chi connectivity index (χ4v) is 5.41. The highest BCUT2D eigenvalue weighted by Crippen LogP contribution is 2.68. The molecular formula is C20H26O6. The molecule has 2 fully saturated rings. The van der Waals surface area contributed by atoms with Crippen LogP contribution < -0.4 is 0 Å². The van der Waals surface area contributed by atoms with Crippen LogP contribution in [0.15, 0.2) is 11.1 Å². The molecule has 2 saturated carbocycles. The van der Waals surface area contributed by atoms with Gasteiger partial charge in [-0.25, -0.2) is 0 Å². The third-order valence-electron chi connectivity index (χ3n) is 6.41. The SMILES string of the molecule is COC(=O)C1(C(=O)OC)CC2=C(C(C)(C)C)C(=O)[C@H]3CC(=O)CC[C@@]23C1. The largest absolute Gasteiger partial charge is 0.468 e. The number of hydrogen-bond donors (Lipinski definition) is 0. The van der Waals surface area contributed by atoms with E-state index >= 15 is 0 Å². The number of carbonyl (C=O) groups excluding carboxylic acids is 4. The number of rotatable bonds is 2. The molecule has 3 aliphatic carbocycles. The molecule has 1 spiro atoms. The van der Waals surface area contributed by atoms with E-state index < -0.39 is 34.1 Å². The molecule has 0 bridgehead atoms. The molecule has 0 amide bonds. The second-order valence-corrected chi connectivity index (χ2v) is 8.84. The number of esters is 2. The normalized spacial score (nSPS) is 30.1. The van der Waals surface area contributed by atoms with Crippen molar-refractivity contribution in [1.82, 2.24) is 0 Å². The number of allylic oxidation sites excluding steroid dienone is 2. The number of ether oxygens (including phenoxy) is 2. The zero-order valence-electron chi connectivity index (χ0n) is 16.1. The lowest BCUT2D eigenvalue weighted by Crippen LogP contribution is -2.44. The Balaban J connectivity index is 2.23. The second-order valence-electron chi connectivity index (χ2n) is 8.84. The van der Waals surface area contributed by atoms with Crippen molar-refractivity contribution in [2.24, 2.45) is 22.2 Å². The maximum atomic E-state index is 13.2. The van der Waals surface area contributed by atoms with Crippen molar-refractivity contribution >= 4 is 23.5 Å². The van der Waals surface area contributed by atoms with Crippen LogP contribution in [0.2, 0.25) is 0 Å². The van der Waals surface area contributed by atoms with Crippen LogP contribution in [-0.2, 0) is 28.7 Å². The minimum Gasteiger partial charge on any atom is -0.468 e. The van der Waals surface area contributed by atoms with Crippen molar-refractivity contribution in [3.63, 3.8) is 0 Å². The Morgan fingerprint density at radius 2 is 1.65 bits per heavy atom. The summed E-state index contributed by atoms with van der Waals surface area (Å²) in [5, 5.41) is 0. The van der Waals surface area contributed by atoms with Gasteiger partial charge in [0.2, 0.25) is 0 Å². The number of Topliss-reactive ketones (excluding diaryl/α,β-unsaturated/α-hetero) is 2. The van der Waals surface area contributed by atoms with Crippen LogP contribution in [0.25, 0.3) is 0 Å². The fraction of sp³-hybridized carbons (Fsp3) is 0.700. The van der Waals surface area contributed by atoms with Crippen LogP contribution in [-0.4, -0.2) is 37.7 Å². The molecule has 0 N–H and O–H groups in total. The number of methoxy groups -OCH3 is 2. The standard InChI is InChI=1S/C20H26O6/c1-18(2,3)14-13-9-20(16(23)25-4,17(24)26-5)10-19(13)7-6-11(21)8-12(19)15(14)22/h12H,6-10H2,1-5H3/t12-,19+/m1/s1. The first-order valence-corrected chi connectivity index (χ1v) is 9.00. The molecule has 3 aliphatic rings. The van der Waals surface area contributed by atoms with Gasteiger partial charge in [0.05, 0.1) is 14.2 Å². The molecule has 0 heterocycles. The Bertz CT molecular complexity index is 722. The smallest absolute Gasteiger partial charge is 0.323 e. The van der Waals surface area contributed by atoms with Gasteiger partial charge >= 0.3 is 11.9 Å². The summed E-state index contributed by atoms with van der Waals surface area (Å²) in [7, 11) is 2.51. The molecule has 0 aromatic rings. The minimum atomic E-state index is -1.44. The van der Waals surface area contributed by atoms with Crippen LogP contribution in [0, 0.1) is 22.2 Å². The Labute approximate surface area is 153 Å². The first kappa shape index (κ1) is 18.8. The molecule has 142 valence electrons. The Kier molecular flexibility index (Phi) is 4.17. The van der Waals surface area contributed by atoms with E-state index in [-0.39, 0.29) is 30.8 Å². The van der Waals surface area contributed by atoms with E-state index in [1.165, 1.54) is 14.2 Å². The van der Waals surface area contributed by atoms with E-state index in [0.29, 0.717) is 18.4 Å². The van der Waals surface area contributed by atoms with Crippen molar-refractivity contribution in [3.8, 4) is 0 Å². The summed E-state index contributed by atoms with van der Waals surface area (Å²) in [4.78, 5) is 50.6. The van der Waals surface area contributed by atoms with E-state index in [0.717, 1.165) is 5.57 Å². The van der Waals surface area contributed by atoms with Crippen molar-refractivity contribution in [1.29, 1.82) is 0 Å². The summed E-state index contributed by atoms with van der Waals surface area (Å²) in [5.74, 6) is -1.67. The summed E-state index contributed by atoms with van der Waals surface area (Å²) in [5.41, 5.74) is -0.942. The first-order chi connectivity index (χ1) is 12.0. The molecule has 0 aromatic carbocycles. The van der Waals surface area contributed by atoms with Gasteiger partial charge in [0.25, 0.3) is 0 Å². The third kappa shape index (κ3) is 2.30. The predicted molar refractivity (Wildman–Crippen MR) is 92.0 cm³/mol. The fourth-order valence-electron chi connectivity index (χ4n) is 5.41. The maximum Gasteiger partial charge on any atom is 0.323 e. The molecule has 0 radical (unpaired) electrons. The van der Waals surface area contributed by atoms with Gasteiger partial charge in [-0.05, 0) is 24.7 Å². The highest BCUT2D eigenvalue weighted by Gasteiger charge is 2.69. The Morgan fingerprint density at radius 3 is 2.15 bits per heavy atom. The molecule has 6 heteroatoms. The zero-order chi connectivity index (χ0) is 19.5. The number of carbonyl (C=O) groups is 4. The van der Waals surface area contributed by atoms with Crippen molar-refractivity contribution < 1.29 is 28.7 Å². The van der Waals surface area contributed by atoms with Crippen LogP contribution in [0.3, 0.4) is 0 Å². The van der Waals surface area contributed by atoms with Gasteiger partial charge in [-0.1, -0.05) is 26.3 Å². The highest BCUT2D eigenvalue weighted by molar-refractivity contribution is 6.08. The number of hydrogen-bond acceptors (Lipinski definition) is 6. The van der Waals surface area contributed by atoms with E-state index in [9.17, 15) is 19.2 Å². The van der Waals surface area contributed by atoms with Crippen LogP contribution in [0.1, 0.15) is 52.9 Å². The topological polar surface area (TPSA) is 86.7 Å². The summed E-state index contributed by atoms with van der Waals surface area (Å²) in [6, 6.07) is 0. The van der Waals surface area contributed by atoms with Gasteiger partial charge in [0.1, 0.15) is 5.78 Å². The second kappa shape index (κ2) is 5.76. The Morgan fingerprint density at radius 1 is 1.08 bits per heavy atom. The van der Waals surface area contributed by atoms with E-state index in [1.807, 2.05) is 20.8 Å². The zero-order valence-corrected chi connectivity index (χ0v) is 16.1. The molecular weight excluding hydrogens is 336 g/mol. The molecule has 3 rings (SSSR count). The predicted octanol–water partition coefficient (Wildman–Crippen LogP) is 2.39. The molecule has 0 unspecified atom stereocenters. The lowest BCUT2D eigenvalue weighted by molar-refractivity contribution is -0.170. The quantitative estimate of drug-likeness (QED) is 0.554. The van der Waals surface area contributed by atoms with Crippen LogP contribution in [0.5, 0.6) is 0 Å². The van der Waals surface area contributed by atoms with Gasteiger partial charge in [-0.2, -0.15) is 0 Å². The van der Waals surface area contributed by atoms with Gasteiger partial charge in [0.15, 0.2) is 11.2 Å². The van der Waals surface area contributed by atoms with Gasteiger partial charge < -0.3 is 9.47 Å². The summed E-state index contributed by atoms with van der Waals surface area (Å²) >= 11 is 0. The summed E-state index contributed by atoms with van der Waals surface area (Å²) in [6.45, 7) is 5.86. The van der Waals surface area contributed by atoms with Gasteiger partial charge in [-0.15, -0.1) is 0 Å². The van der Waals surface area contributed by atoms with E-state index in [2.05, 4.69) is 0 Å². The highest BCUT2D eigenvalue weighted by atomic mass is 16.5. The van der Waals surface area contributed by atoms with E-state index in [4.69, 9.17) is 9.47 Å².